The van der Waals surface area contributed by atoms with Gasteiger partial charge in [0.2, 0.25) is 0 Å². The van der Waals surface area contributed by atoms with E-state index in [-0.39, 0.29) is 5.92 Å². The van der Waals surface area contributed by atoms with Gasteiger partial charge in [-0.3, -0.25) is 4.57 Å². The molecule has 2 aromatic heterocycles. The molecule has 4 nitrogen and oxygen atoms in total. The van der Waals surface area contributed by atoms with Gasteiger partial charge in [0.05, 0.1) is 0 Å². The lowest BCUT2D eigenvalue weighted by molar-refractivity contribution is 0.754. The summed E-state index contributed by atoms with van der Waals surface area (Å²) in [5, 5.41) is 0.467. The largest absolute Gasteiger partial charge is 0.288 e. The lowest BCUT2D eigenvalue weighted by atomic mass is 10.2. The lowest BCUT2D eigenvalue weighted by Crippen LogP contribution is -2.06. The molecule has 0 aliphatic rings. The summed E-state index contributed by atoms with van der Waals surface area (Å²) in [7, 11) is 0. The van der Waals surface area contributed by atoms with Crippen molar-refractivity contribution in [1.29, 1.82) is 0 Å². The number of aryl methyl sites for hydroxylation is 1. The number of rotatable bonds is 3. The molecule has 90 valence electrons. The second-order valence-corrected chi connectivity index (χ2v) is 4.52. The summed E-state index contributed by atoms with van der Waals surface area (Å²) in [4.78, 5) is 13.0. The molecule has 0 N–H and O–H groups in total. The zero-order valence-corrected chi connectivity index (χ0v) is 10.9. The van der Waals surface area contributed by atoms with E-state index in [1.807, 2.05) is 24.6 Å². The van der Waals surface area contributed by atoms with Gasteiger partial charge in [-0.15, -0.1) is 0 Å². The highest BCUT2D eigenvalue weighted by Gasteiger charge is 2.10. The molecular formula is C12H15ClN4. The van der Waals surface area contributed by atoms with Crippen LogP contribution in [0.25, 0.3) is 5.82 Å². The first-order valence-corrected chi connectivity index (χ1v) is 6.06. The summed E-state index contributed by atoms with van der Waals surface area (Å²) in [6, 6.07) is 1.76. The molecule has 2 heterocycles. The van der Waals surface area contributed by atoms with Crippen molar-refractivity contribution in [2.45, 2.75) is 33.1 Å². The van der Waals surface area contributed by atoms with Gasteiger partial charge in [-0.2, -0.15) is 0 Å². The second kappa shape index (κ2) is 4.84. The van der Waals surface area contributed by atoms with Crippen molar-refractivity contribution >= 4 is 11.6 Å². The van der Waals surface area contributed by atoms with Gasteiger partial charge in [0.15, 0.2) is 0 Å². The van der Waals surface area contributed by atoms with Gasteiger partial charge in [0.25, 0.3) is 0 Å². The first kappa shape index (κ1) is 12.0. The molecular weight excluding hydrogens is 236 g/mol. The summed E-state index contributed by atoms with van der Waals surface area (Å²) in [5.74, 6) is 2.75. The van der Waals surface area contributed by atoms with Crippen LogP contribution in [0.5, 0.6) is 0 Å². The van der Waals surface area contributed by atoms with E-state index in [1.54, 1.807) is 12.3 Å². The molecule has 0 amide bonds. The van der Waals surface area contributed by atoms with E-state index in [0.717, 1.165) is 23.9 Å². The van der Waals surface area contributed by atoms with Crippen molar-refractivity contribution in [3.05, 3.63) is 35.3 Å². The Morgan fingerprint density at radius 3 is 2.76 bits per heavy atom. The minimum atomic E-state index is 0.251. The van der Waals surface area contributed by atoms with E-state index < -0.39 is 0 Å². The van der Waals surface area contributed by atoms with E-state index in [2.05, 4.69) is 21.9 Å². The molecule has 2 aromatic rings. The quantitative estimate of drug-likeness (QED) is 0.787. The monoisotopic (exact) mass is 250 g/mol. The van der Waals surface area contributed by atoms with Crippen LogP contribution in [0.4, 0.5) is 0 Å². The highest BCUT2D eigenvalue weighted by Crippen LogP contribution is 2.17. The van der Waals surface area contributed by atoms with Crippen LogP contribution in [-0.4, -0.2) is 19.5 Å². The number of imidazole rings is 1. The fourth-order valence-corrected chi connectivity index (χ4v) is 1.79. The van der Waals surface area contributed by atoms with Gasteiger partial charge in [-0.05, 0) is 0 Å². The molecule has 0 unspecified atom stereocenters. The summed E-state index contributed by atoms with van der Waals surface area (Å²) < 4.78 is 1.94. The third-order valence-corrected chi connectivity index (χ3v) is 2.69. The molecule has 17 heavy (non-hydrogen) atoms. The van der Waals surface area contributed by atoms with Crippen LogP contribution in [0.2, 0.25) is 5.15 Å². The standard InChI is InChI=1S/C12H15ClN4/c1-4-10-14-5-6-17(10)11-7-9(13)15-12(16-11)8(2)3/h5-8H,4H2,1-3H3. The Morgan fingerprint density at radius 2 is 2.12 bits per heavy atom. The van der Waals surface area contributed by atoms with Crippen LogP contribution in [0.3, 0.4) is 0 Å². The maximum Gasteiger partial charge on any atom is 0.143 e. The number of halogens is 1. The maximum atomic E-state index is 6.02. The first-order valence-electron chi connectivity index (χ1n) is 5.69. The average molecular weight is 251 g/mol. The molecule has 0 aromatic carbocycles. The van der Waals surface area contributed by atoms with E-state index in [9.17, 15) is 0 Å². The topological polar surface area (TPSA) is 43.6 Å². The van der Waals surface area contributed by atoms with Crippen molar-refractivity contribution in [3.8, 4) is 5.82 Å². The molecule has 5 heteroatoms. The van der Waals surface area contributed by atoms with E-state index in [4.69, 9.17) is 11.6 Å². The van der Waals surface area contributed by atoms with Gasteiger partial charge in [0.1, 0.15) is 22.6 Å². The fourth-order valence-electron chi connectivity index (χ4n) is 1.61. The molecule has 2 rings (SSSR count). The summed E-state index contributed by atoms with van der Waals surface area (Å²) in [6.07, 6.45) is 4.51. The molecule has 0 aliphatic carbocycles. The predicted molar refractivity (Wildman–Crippen MR) is 67.6 cm³/mol. The van der Waals surface area contributed by atoms with Crippen molar-refractivity contribution < 1.29 is 0 Å². The van der Waals surface area contributed by atoms with Gasteiger partial charge in [0, 0.05) is 30.8 Å². The molecule has 0 fully saturated rings. The molecule has 0 aliphatic heterocycles. The molecule has 0 radical (unpaired) electrons. The minimum absolute atomic E-state index is 0.251. The summed E-state index contributed by atoms with van der Waals surface area (Å²) >= 11 is 6.02. The van der Waals surface area contributed by atoms with Crippen LogP contribution in [0.1, 0.15) is 38.3 Å². The Morgan fingerprint density at radius 1 is 1.35 bits per heavy atom. The third-order valence-electron chi connectivity index (χ3n) is 2.50. The van der Waals surface area contributed by atoms with Gasteiger partial charge >= 0.3 is 0 Å². The second-order valence-electron chi connectivity index (χ2n) is 4.13. The lowest BCUT2D eigenvalue weighted by Gasteiger charge is -2.09. The zero-order valence-electron chi connectivity index (χ0n) is 10.2. The number of hydrogen-bond acceptors (Lipinski definition) is 3. The molecule has 0 saturated heterocycles. The Labute approximate surface area is 106 Å². The van der Waals surface area contributed by atoms with Gasteiger partial charge in [-0.1, -0.05) is 32.4 Å². The average Bonchev–Trinajstić information content (AvgIpc) is 2.76. The molecule has 0 saturated carbocycles. The summed E-state index contributed by atoms with van der Waals surface area (Å²) in [5.41, 5.74) is 0. The van der Waals surface area contributed by atoms with Crippen LogP contribution in [0, 0.1) is 0 Å². The van der Waals surface area contributed by atoms with Crippen molar-refractivity contribution in [1.82, 2.24) is 19.5 Å². The van der Waals surface area contributed by atoms with Crippen LogP contribution in [-0.2, 0) is 6.42 Å². The normalized spacial score (nSPS) is 11.1. The highest BCUT2D eigenvalue weighted by molar-refractivity contribution is 6.29. The Kier molecular flexibility index (Phi) is 3.43. The zero-order chi connectivity index (χ0) is 12.4. The number of aromatic nitrogens is 4. The molecule has 0 atom stereocenters. The van der Waals surface area contributed by atoms with E-state index >= 15 is 0 Å². The fraction of sp³-hybridized carbons (Fsp3) is 0.417. The van der Waals surface area contributed by atoms with Gasteiger partial charge in [-0.25, -0.2) is 15.0 Å². The Bertz CT molecular complexity index is 519. The van der Waals surface area contributed by atoms with Crippen LogP contribution >= 0.6 is 11.6 Å². The number of hydrogen-bond donors (Lipinski definition) is 0. The smallest absolute Gasteiger partial charge is 0.143 e. The summed E-state index contributed by atoms with van der Waals surface area (Å²) in [6.45, 7) is 6.15. The van der Waals surface area contributed by atoms with Crippen molar-refractivity contribution in [3.63, 3.8) is 0 Å². The van der Waals surface area contributed by atoms with E-state index in [0.29, 0.717) is 5.15 Å². The molecule has 0 bridgehead atoms. The molecule has 0 spiro atoms. The minimum Gasteiger partial charge on any atom is -0.288 e. The SMILES string of the molecule is CCc1nccn1-c1cc(Cl)nc(C(C)C)n1. The number of nitrogens with zero attached hydrogens (tertiary/aromatic N) is 4. The Hall–Kier alpha value is -1.42. The van der Waals surface area contributed by atoms with E-state index in [1.165, 1.54) is 0 Å². The predicted octanol–water partition coefficient (Wildman–Crippen LogP) is 3.00. The highest BCUT2D eigenvalue weighted by atomic mass is 35.5. The van der Waals surface area contributed by atoms with Gasteiger partial charge < -0.3 is 0 Å². The first-order chi connectivity index (χ1) is 8.11. The maximum absolute atomic E-state index is 6.02. The van der Waals surface area contributed by atoms with Crippen molar-refractivity contribution in [2.75, 3.05) is 0 Å². The third kappa shape index (κ3) is 2.47. The van der Waals surface area contributed by atoms with Crippen molar-refractivity contribution in [2.24, 2.45) is 0 Å². The Balaban J connectivity index is 2.52. The van der Waals surface area contributed by atoms with Crippen LogP contribution < -0.4 is 0 Å². The van der Waals surface area contributed by atoms with Crippen LogP contribution in [0.15, 0.2) is 18.5 Å².